The lowest BCUT2D eigenvalue weighted by Gasteiger charge is -2.36. The molecule has 2 rings (SSSR count). The number of aryl methyl sites for hydroxylation is 2. The Labute approximate surface area is 123 Å². The van der Waals surface area contributed by atoms with E-state index in [1.54, 1.807) is 0 Å². The first-order chi connectivity index (χ1) is 9.58. The number of hydrogen-bond acceptors (Lipinski definition) is 3. The molecule has 0 aromatic carbocycles. The average Bonchev–Trinajstić information content (AvgIpc) is 2.70. The maximum absolute atomic E-state index is 5.90. The van der Waals surface area contributed by atoms with Crippen LogP contribution in [0.25, 0.3) is 0 Å². The minimum atomic E-state index is 0.377. The van der Waals surface area contributed by atoms with Crippen molar-refractivity contribution in [2.24, 2.45) is 24.7 Å². The summed E-state index contributed by atoms with van der Waals surface area (Å²) in [6, 6.07) is 0.377. The fraction of sp³-hybridized carbons (Fsp3) is 0.812. The van der Waals surface area contributed by atoms with Crippen molar-refractivity contribution in [3.8, 4) is 0 Å². The summed E-state index contributed by atoms with van der Waals surface area (Å²) in [7, 11) is 2.02. The normalized spacial score (nSPS) is 24.9. The van der Waals surface area contributed by atoms with E-state index in [1.807, 2.05) is 11.7 Å². The van der Waals surface area contributed by atoms with Gasteiger partial charge in [0, 0.05) is 18.8 Å². The Kier molecular flexibility index (Phi) is 5.22. The van der Waals surface area contributed by atoms with E-state index in [9.17, 15) is 0 Å². The number of hydrazine groups is 1. The van der Waals surface area contributed by atoms with Crippen molar-refractivity contribution in [2.75, 3.05) is 0 Å². The summed E-state index contributed by atoms with van der Waals surface area (Å²) >= 11 is 0. The van der Waals surface area contributed by atoms with Gasteiger partial charge in [0.05, 0.1) is 5.69 Å². The van der Waals surface area contributed by atoms with Crippen molar-refractivity contribution in [1.29, 1.82) is 0 Å². The van der Waals surface area contributed by atoms with Gasteiger partial charge >= 0.3 is 0 Å². The van der Waals surface area contributed by atoms with Gasteiger partial charge in [-0.3, -0.25) is 16.0 Å². The van der Waals surface area contributed by atoms with E-state index in [1.165, 1.54) is 43.4 Å². The molecule has 0 radical (unpaired) electrons. The zero-order valence-electron chi connectivity index (χ0n) is 13.4. The van der Waals surface area contributed by atoms with E-state index in [2.05, 4.69) is 31.3 Å². The Morgan fingerprint density at radius 1 is 1.35 bits per heavy atom. The maximum atomic E-state index is 5.90. The second-order valence-electron chi connectivity index (χ2n) is 6.37. The predicted molar refractivity (Wildman–Crippen MR) is 83.2 cm³/mol. The van der Waals surface area contributed by atoms with E-state index < -0.39 is 0 Å². The van der Waals surface area contributed by atoms with Gasteiger partial charge in [-0.05, 0) is 44.1 Å². The van der Waals surface area contributed by atoms with Crippen molar-refractivity contribution in [3.05, 3.63) is 17.0 Å². The molecule has 1 fully saturated rings. The van der Waals surface area contributed by atoms with Crippen LogP contribution < -0.4 is 11.3 Å². The van der Waals surface area contributed by atoms with Crippen LogP contribution in [0.1, 0.15) is 56.0 Å². The third-order valence-corrected chi connectivity index (χ3v) is 5.31. The summed E-state index contributed by atoms with van der Waals surface area (Å²) in [4.78, 5) is 0. The van der Waals surface area contributed by atoms with Crippen LogP contribution in [0.4, 0.5) is 0 Å². The van der Waals surface area contributed by atoms with E-state index >= 15 is 0 Å². The van der Waals surface area contributed by atoms with Gasteiger partial charge in [0.2, 0.25) is 0 Å². The van der Waals surface area contributed by atoms with E-state index in [0.717, 1.165) is 18.0 Å². The number of nitrogens with two attached hydrogens (primary N) is 1. The van der Waals surface area contributed by atoms with Gasteiger partial charge in [0.15, 0.2) is 0 Å². The highest BCUT2D eigenvalue weighted by Gasteiger charge is 2.31. The standard InChI is InChI=1S/C16H30N4/c1-5-13-8-6-7-9-14(13)16(18-17)10-15-11(2)19-20(4)12(15)3/h13-14,16,18H,5-10,17H2,1-4H3. The number of hydrogen-bond donors (Lipinski definition) is 2. The second-order valence-corrected chi connectivity index (χ2v) is 6.37. The molecule has 3 unspecified atom stereocenters. The molecule has 0 amide bonds. The average molecular weight is 278 g/mol. The molecule has 0 saturated heterocycles. The monoisotopic (exact) mass is 278 g/mol. The largest absolute Gasteiger partial charge is 0.272 e. The Hall–Kier alpha value is -0.870. The Bertz CT molecular complexity index is 438. The topological polar surface area (TPSA) is 55.9 Å². The third-order valence-electron chi connectivity index (χ3n) is 5.31. The van der Waals surface area contributed by atoms with E-state index in [0.29, 0.717) is 12.0 Å². The summed E-state index contributed by atoms with van der Waals surface area (Å²) in [5, 5.41) is 4.53. The predicted octanol–water partition coefficient (Wildman–Crippen LogP) is 2.63. The lowest BCUT2D eigenvalue weighted by molar-refractivity contribution is 0.174. The molecule has 114 valence electrons. The maximum Gasteiger partial charge on any atom is 0.0628 e. The minimum Gasteiger partial charge on any atom is -0.272 e. The van der Waals surface area contributed by atoms with Crippen LogP contribution in [0.15, 0.2) is 0 Å². The van der Waals surface area contributed by atoms with Gasteiger partial charge in [0.25, 0.3) is 0 Å². The molecule has 3 N–H and O–H groups in total. The third kappa shape index (κ3) is 3.07. The van der Waals surface area contributed by atoms with Gasteiger partial charge in [-0.25, -0.2) is 0 Å². The molecule has 1 aromatic heterocycles. The van der Waals surface area contributed by atoms with Crippen molar-refractivity contribution < 1.29 is 0 Å². The summed E-state index contributed by atoms with van der Waals surface area (Å²) < 4.78 is 1.98. The SMILES string of the molecule is CCC1CCCCC1C(Cc1c(C)nn(C)c1C)NN. The van der Waals surface area contributed by atoms with Crippen molar-refractivity contribution in [1.82, 2.24) is 15.2 Å². The van der Waals surface area contributed by atoms with Crippen molar-refractivity contribution >= 4 is 0 Å². The molecule has 1 aliphatic carbocycles. The fourth-order valence-electron chi connectivity index (χ4n) is 3.94. The first kappa shape index (κ1) is 15.5. The van der Waals surface area contributed by atoms with Gasteiger partial charge in [-0.15, -0.1) is 0 Å². The molecule has 0 spiro atoms. The van der Waals surface area contributed by atoms with Crippen LogP contribution in [-0.4, -0.2) is 15.8 Å². The number of nitrogens with one attached hydrogen (secondary N) is 1. The highest BCUT2D eigenvalue weighted by atomic mass is 15.3. The molecule has 1 aliphatic rings. The van der Waals surface area contributed by atoms with E-state index in [4.69, 9.17) is 5.84 Å². The molecule has 1 saturated carbocycles. The second kappa shape index (κ2) is 6.72. The van der Waals surface area contributed by atoms with Crippen LogP contribution in [-0.2, 0) is 13.5 Å². The van der Waals surface area contributed by atoms with Crippen LogP contribution >= 0.6 is 0 Å². The minimum absolute atomic E-state index is 0.377. The van der Waals surface area contributed by atoms with Gasteiger partial charge < -0.3 is 0 Å². The molecular formula is C16H30N4. The number of nitrogens with zero attached hydrogens (tertiary/aromatic N) is 2. The van der Waals surface area contributed by atoms with Gasteiger partial charge in [-0.1, -0.05) is 32.6 Å². The molecule has 3 atom stereocenters. The molecule has 0 aliphatic heterocycles. The molecular weight excluding hydrogens is 248 g/mol. The Morgan fingerprint density at radius 3 is 2.60 bits per heavy atom. The zero-order valence-corrected chi connectivity index (χ0v) is 13.4. The highest BCUT2D eigenvalue weighted by Crippen LogP contribution is 2.35. The molecule has 1 heterocycles. The van der Waals surface area contributed by atoms with Gasteiger partial charge in [-0.2, -0.15) is 5.10 Å². The smallest absolute Gasteiger partial charge is 0.0628 e. The molecule has 4 nitrogen and oxygen atoms in total. The van der Waals surface area contributed by atoms with E-state index in [-0.39, 0.29) is 0 Å². The summed E-state index contributed by atoms with van der Waals surface area (Å²) in [5.74, 6) is 7.43. The molecule has 4 heteroatoms. The lowest BCUT2D eigenvalue weighted by atomic mass is 9.73. The van der Waals surface area contributed by atoms with Crippen LogP contribution in [0, 0.1) is 25.7 Å². The zero-order chi connectivity index (χ0) is 14.7. The first-order valence-corrected chi connectivity index (χ1v) is 8.03. The molecule has 0 bridgehead atoms. The summed E-state index contributed by atoms with van der Waals surface area (Å²) in [6.07, 6.45) is 7.69. The molecule has 20 heavy (non-hydrogen) atoms. The Morgan fingerprint density at radius 2 is 2.05 bits per heavy atom. The van der Waals surface area contributed by atoms with Crippen LogP contribution in [0.2, 0.25) is 0 Å². The molecule has 1 aromatic rings. The van der Waals surface area contributed by atoms with Crippen molar-refractivity contribution in [2.45, 2.75) is 65.3 Å². The summed E-state index contributed by atoms with van der Waals surface area (Å²) in [6.45, 7) is 6.58. The Balaban J connectivity index is 2.15. The first-order valence-electron chi connectivity index (χ1n) is 8.03. The van der Waals surface area contributed by atoms with Crippen LogP contribution in [0.5, 0.6) is 0 Å². The van der Waals surface area contributed by atoms with Crippen molar-refractivity contribution in [3.63, 3.8) is 0 Å². The summed E-state index contributed by atoms with van der Waals surface area (Å²) in [5.41, 5.74) is 6.90. The quantitative estimate of drug-likeness (QED) is 0.643. The number of aromatic nitrogens is 2. The highest BCUT2D eigenvalue weighted by molar-refractivity contribution is 5.25. The fourth-order valence-corrected chi connectivity index (χ4v) is 3.94. The van der Waals surface area contributed by atoms with Gasteiger partial charge in [0.1, 0.15) is 0 Å². The lowest BCUT2D eigenvalue weighted by Crippen LogP contribution is -2.46. The number of rotatable bonds is 5. The van der Waals surface area contributed by atoms with Crippen LogP contribution in [0.3, 0.4) is 0 Å².